The monoisotopic (exact) mass is 478 g/mol. The van der Waals surface area contributed by atoms with Gasteiger partial charge in [-0.2, -0.15) is 5.26 Å². The zero-order valence-corrected chi connectivity index (χ0v) is 19.9. The molecule has 1 atom stereocenters. The number of carbonyl (C=O) groups is 1. The summed E-state index contributed by atoms with van der Waals surface area (Å²) in [7, 11) is 0. The van der Waals surface area contributed by atoms with Crippen molar-refractivity contribution in [2.45, 2.75) is 38.6 Å². The van der Waals surface area contributed by atoms with Gasteiger partial charge in [-0.15, -0.1) is 11.3 Å². The van der Waals surface area contributed by atoms with E-state index < -0.39 is 12.0 Å². The molecule has 176 valence electrons. The van der Waals surface area contributed by atoms with Gasteiger partial charge in [0.25, 0.3) is 5.56 Å². The van der Waals surface area contributed by atoms with E-state index in [1.165, 1.54) is 10.5 Å². The van der Waals surface area contributed by atoms with E-state index in [-0.39, 0.29) is 11.1 Å². The number of carboxylic acids is 1. The van der Waals surface area contributed by atoms with Crippen molar-refractivity contribution in [2.75, 3.05) is 24.5 Å². The molecule has 0 spiro atoms. The van der Waals surface area contributed by atoms with Crippen LogP contribution in [0.2, 0.25) is 0 Å². The Morgan fingerprint density at radius 1 is 1.41 bits per heavy atom. The number of pyridine rings is 1. The van der Waals surface area contributed by atoms with Gasteiger partial charge in [0, 0.05) is 43.7 Å². The van der Waals surface area contributed by atoms with Crippen molar-refractivity contribution >= 4 is 34.8 Å². The quantitative estimate of drug-likeness (QED) is 0.497. The van der Waals surface area contributed by atoms with Gasteiger partial charge in [0.1, 0.15) is 17.5 Å². The summed E-state index contributed by atoms with van der Waals surface area (Å²) in [6, 6.07) is 5.56. The molecule has 1 aliphatic rings. The largest absolute Gasteiger partial charge is 0.478 e. The van der Waals surface area contributed by atoms with Gasteiger partial charge in [0.05, 0.1) is 22.3 Å². The van der Waals surface area contributed by atoms with E-state index in [2.05, 4.69) is 30.6 Å². The normalized spacial score (nSPS) is 16.4. The number of nitriles is 1. The summed E-state index contributed by atoms with van der Waals surface area (Å²) in [5, 5.41) is 24.7. The Morgan fingerprint density at radius 3 is 2.94 bits per heavy atom. The van der Waals surface area contributed by atoms with Crippen LogP contribution in [0, 0.1) is 11.3 Å². The van der Waals surface area contributed by atoms with E-state index in [4.69, 9.17) is 15.1 Å². The number of fused-ring (bicyclic) bond motifs is 1. The molecule has 34 heavy (non-hydrogen) atoms. The molecular weight excluding hydrogens is 452 g/mol. The van der Waals surface area contributed by atoms with E-state index in [0.29, 0.717) is 37.0 Å². The average molecular weight is 479 g/mol. The topological polar surface area (TPSA) is 124 Å². The molecule has 3 aromatic rings. The van der Waals surface area contributed by atoms with Crippen LogP contribution in [-0.2, 0) is 17.6 Å². The number of aryl methyl sites for hydroxylation is 2. The Kier molecular flexibility index (Phi) is 7.05. The minimum atomic E-state index is -1.15. The summed E-state index contributed by atoms with van der Waals surface area (Å²) < 4.78 is 1.43. The molecule has 1 fully saturated rings. The zero-order valence-electron chi connectivity index (χ0n) is 19.1. The molecule has 0 saturated carbocycles. The number of aromatic nitrogens is 3. The summed E-state index contributed by atoms with van der Waals surface area (Å²) in [4.78, 5) is 35.7. The van der Waals surface area contributed by atoms with Gasteiger partial charge in [-0.05, 0) is 36.1 Å². The molecule has 3 aromatic heterocycles. The fraction of sp³-hybridized carbons (Fsp3) is 0.375. The fourth-order valence-corrected chi connectivity index (χ4v) is 4.82. The lowest BCUT2D eigenvalue weighted by Gasteiger charge is -2.32. The van der Waals surface area contributed by atoms with Crippen LogP contribution in [0.4, 0.5) is 5.82 Å². The van der Waals surface area contributed by atoms with Gasteiger partial charge in [-0.1, -0.05) is 13.8 Å². The van der Waals surface area contributed by atoms with Gasteiger partial charge in [0.2, 0.25) is 0 Å². The minimum absolute atomic E-state index is 0.190. The van der Waals surface area contributed by atoms with Gasteiger partial charge in [-0.25, -0.2) is 14.8 Å². The Morgan fingerprint density at radius 2 is 2.24 bits per heavy atom. The number of nitrogens with one attached hydrogen (secondary N) is 1. The van der Waals surface area contributed by atoms with Crippen LogP contribution in [-0.4, -0.2) is 51.1 Å². The summed E-state index contributed by atoms with van der Waals surface area (Å²) in [6.07, 6.45) is 5.46. The first-order chi connectivity index (χ1) is 16.4. The third-order valence-electron chi connectivity index (χ3n) is 5.72. The van der Waals surface area contributed by atoms with Crippen molar-refractivity contribution < 1.29 is 9.90 Å². The number of aliphatic carboxylic acids is 1. The van der Waals surface area contributed by atoms with Crippen molar-refractivity contribution in [3.63, 3.8) is 0 Å². The summed E-state index contributed by atoms with van der Waals surface area (Å²) in [6.45, 7) is 5.72. The maximum absolute atomic E-state index is 13.3. The SMILES string of the molecule is CC(C)c1csc(CCc2ccn3c(=O)c(/C=C/C(=O)O)c(N4CCNC(C#N)C4)nc3c2)n1. The highest BCUT2D eigenvalue weighted by atomic mass is 32.1. The summed E-state index contributed by atoms with van der Waals surface area (Å²) in [5.41, 5.74) is 2.46. The highest BCUT2D eigenvalue weighted by Crippen LogP contribution is 2.22. The van der Waals surface area contributed by atoms with Crippen molar-refractivity contribution in [1.29, 1.82) is 5.26 Å². The third kappa shape index (κ3) is 5.16. The lowest BCUT2D eigenvalue weighted by molar-refractivity contribution is -0.131. The van der Waals surface area contributed by atoms with Crippen molar-refractivity contribution in [3.8, 4) is 6.07 Å². The van der Waals surface area contributed by atoms with E-state index >= 15 is 0 Å². The van der Waals surface area contributed by atoms with E-state index in [0.717, 1.165) is 35.2 Å². The predicted octanol–water partition coefficient (Wildman–Crippen LogP) is 2.46. The number of hydrogen-bond acceptors (Lipinski definition) is 8. The Balaban J connectivity index is 1.69. The Labute approximate surface area is 201 Å². The molecular formula is C24H26N6O3S. The molecule has 4 heterocycles. The summed E-state index contributed by atoms with van der Waals surface area (Å²) >= 11 is 1.66. The van der Waals surface area contributed by atoms with E-state index in [9.17, 15) is 14.9 Å². The van der Waals surface area contributed by atoms with Gasteiger partial charge in [0.15, 0.2) is 0 Å². The maximum Gasteiger partial charge on any atom is 0.328 e. The Bertz CT molecular complexity index is 1340. The number of carboxylic acid groups (broad SMARTS) is 1. The van der Waals surface area contributed by atoms with Crippen LogP contribution in [0.1, 0.15) is 41.6 Å². The number of nitrogens with zero attached hydrogens (tertiary/aromatic N) is 5. The van der Waals surface area contributed by atoms with Crippen LogP contribution in [0.3, 0.4) is 0 Å². The molecule has 4 rings (SSSR count). The van der Waals surface area contributed by atoms with Crippen LogP contribution in [0.15, 0.2) is 34.6 Å². The standard InChI is InChI=1S/C24H26N6O3S/c1-15(2)19-14-34-21(27-19)5-3-16-7-9-30-20(11-16)28-23(18(24(30)33)4-6-22(31)32)29-10-8-26-17(12-25)13-29/h4,6-7,9,11,14-15,17,26H,3,5,8,10,13H2,1-2H3,(H,31,32)/b6-4+. The molecule has 10 heteroatoms. The molecule has 0 bridgehead atoms. The number of rotatable bonds is 7. The van der Waals surface area contributed by atoms with Crippen LogP contribution >= 0.6 is 11.3 Å². The van der Waals surface area contributed by atoms with Gasteiger partial charge in [-0.3, -0.25) is 14.5 Å². The second-order valence-corrected chi connectivity index (χ2v) is 9.43. The fourth-order valence-electron chi connectivity index (χ4n) is 3.86. The van der Waals surface area contributed by atoms with E-state index in [1.807, 2.05) is 17.0 Å². The molecule has 1 aliphatic heterocycles. The first-order valence-electron chi connectivity index (χ1n) is 11.1. The number of hydrogen-bond donors (Lipinski definition) is 2. The van der Waals surface area contributed by atoms with Crippen LogP contribution < -0.4 is 15.8 Å². The second kappa shape index (κ2) is 10.2. The highest BCUT2D eigenvalue weighted by molar-refractivity contribution is 7.09. The lowest BCUT2D eigenvalue weighted by Crippen LogP contribution is -2.51. The lowest BCUT2D eigenvalue weighted by atomic mass is 10.1. The molecule has 1 unspecified atom stereocenters. The second-order valence-electron chi connectivity index (χ2n) is 8.49. The van der Waals surface area contributed by atoms with E-state index in [1.54, 1.807) is 17.5 Å². The first-order valence-corrected chi connectivity index (χ1v) is 12.0. The average Bonchev–Trinajstić information content (AvgIpc) is 3.31. The number of piperazine rings is 1. The van der Waals surface area contributed by atoms with Crippen LogP contribution in [0.25, 0.3) is 11.7 Å². The number of thiazole rings is 1. The first kappa shape index (κ1) is 23.6. The van der Waals surface area contributed by atoms with Crippen molar-refractivity contribution in [3.05, 3.63) is 62.0 Å². The molecule has 0 amide bonds. The minimum Gasteiger partial charge on any atom is -0.478 e. The third-order valence-corrected chi connectivity index (χ3v) is 6.65. The van der Waals surface area contributed by atoms with Crippen LogP contribution in [0.5, 0.6) is 0 Å². The van der Waals surface area contributed by atoms with Gasteiger partial charge >= 0.3 is 5.97 Å². The molecule has 9 nitrogen and oxygen atoms in total. The van der Waals surface area contributed by atoms with Crippen molar-refractivity contribution in [2.24, 2.45) is 0 Å². The molecule has 1 saturated heterocycles. The maximum atomic E-state index is 13.3. The zero-order chi connectivity index (χ0) is 24.2. The predicted molar refractivity (Wildman–Crippen MR) is 131 cm³/mol. The molecule has 2 N–H and O–H groups in total. The van der Waals surface area contributed by atoms with Gasteiger partial charge < -0.3 is 10.0 Å². The highest BCUT2D eigenvalue weighted by Gasteiger charge is 2.24. The smallest absolute Gasteiger partial charge is 0.328 e. The summed E-state index contributed by atoms with van der Waals surface area (Å²) in [5.74, 6) is -0.359. The number of anilines is 1. The molecule has 0 aromatic carbocycles. The Hall–Kier alpha value is -3.55. The molecule has 0 radical (unpaired) electrons. The molecule has 0 aliphatic carbocycles. The van der Waals surface area contributed by atoms with Crippen molar-refractivity contribution in [1.82, 2.24) is 19.7 Å².